The molecule has 0 aromatic heterocycles. The fourth-order valence-electron chi connectivity index (χ4n) is 3.61. The quantitative estimate of drug-likeness (QED) is 0.791. The number of Topliss-reactive ketones (excluding diaryl/α,β-unsaturated/α-hetero) is 1. The Morgan fingerprint density at radius 3 is 2.23 bits per heavy atom. The van der Waals surface area contributed by atoms with Crippen LogP contribution in [0.3, 0.4) is 0 Å². The summed E-state index contributed by atoms with van der Waals surface area (Å²) in [5.41, 5.74) is -0.261. The van der Waals surface area contributed by atoms with Gasteiger partial charge in [0.15, 0.2) is 0 Å². The topological polar surface area (TPSA) is 86.8 Å². The van der Waals surface area contributed by atoms with Crippen LogP contribution in [0.25, 0.3) is 0 Å². The lowest BCUT2D eigenvalue weighted by Crippen LogP contribution is -2.48. The van der Waals surface area contributed by atoms with Crippen molar-refractivity contribution in [3.05, 3.63) is 0 Å². The zero-order valence-electron chi connectivity index (χ0n) is 16.3. The van der Waals surface area contributed by atoms with E-state index < -0.39 is 0 Å². The van der Waals surface area contributed by atoms with Crippen LogP contribution in [0.1, 0.15) is 59.8 Å². The van der Waals surface area contributed by atoms with Crippen molar-refractivity contribution in [2.75, 3.05) is 19.6 Å². The van der Waals surface area contributed by atoms with E-state index in [1.807, 2.05) is 25.7 Å². The molecule has 0 radical (unpaired) electrons. The van der Waals surface area contributed by atoms with Crippen LogP contribution in [0.5, 0.6) is 0 Å². The fraction of sp³-hybridized carbons (Fsp3) is 0.789. The summed E-state index contributed by atoms with van der Waals surface area (Å²) < 4.78 is 0. The molecule has 26 heavy (non-hydrogen) atoms. The average molecular weight is 365 g/mol. The number of piperidine rings is 1. The zero-order chi connectivity index (χ0) is 19.5. The maximum atomic E-state index is 12.7. The minimum absolute atomic E-state index is 0.0102. The molecule has 0 bridgehead atoms. The second-order valence-corrected chi connectivity index (χ2v) is 8.45. The van der Waals surface area contributed by atoms with Crippen molar-refractivity contribution in [1.82, 2.24) is 15.1 Å². The van der Waals surface area contributed by atoms with E-state index >= 15 is 0 Å². The highest BCUT2D eigenvalue weighted by Crippen LogP contribution is 2.27. The van der Waals surface area contributed by atoms with E-state index in [-0.39, 0.29) is 60.3 Å². The van der Waals surface area contributed by atoms with Gasteiger partial charge >= 0.3 is 0 Å². The number of nitrogens with zero attached hydrogens (tertiary/aromatic N) is 2. The van der Waals surface area contributed by atoms with Crippen molar-refractivity contribution in [3.8, 4) is 0 Å². The third-order valence-electron chi connectivity index (χ3n) is 5.16. The monoisotopic (exact) mass is 365 g/mol. The molecule has 2 aliphatic rings. The molecule has 0 aromatic carbocycles. The highest BCUT2D eigenvalue weighted by molar-refractivity contribution is 5.89. The predicted octanol–water partition coefficient (Wildman–Crippen LogP) is 1.11. The first kappa shape index (κ1) is 20.4. The van der Waals surface area contributed by atoms with Crippen molar-refractivity contribution in [2.24, 2.45) is 5.92 Å². The van der Waals surface area contributed by atoms with Crippen LogP contribution in [0.2, 0.25) is 0 Å². The summed E-state index contributed by atoms with van der Waals surface area (Å²) in [5.74, 6) is -0.262. The lowest BCUT2D eigenvalue weighted by atomic mass is 10.0. The molecule has 1 N–H and O–H groups in total. The lowest BCUT2D eigenvalue weighted by molar-refractivity contribution is -0.137. The van der Waals surface area contributed by atoms with Crippen molar-refractivity contribution in [2.45, 2.75) is 71.4 Å². The minimum atomic E-state index is -0.261. The van der Waals surface area contributed by atoms with Crippen LogP contribution in [-0.2, 0) is 19.2 Å². The molecular weight excluding hydrogens is 334 g/mol. The van der Waals surface area contributed by atoms with E-state index in [9.17, 15) is 19.2 Å². The second-order valence-electron chi connectivity index (χ2n) is 8.45. The number of likely N-dealkylation sites (tertiary alicyclic amines) is 2. The first-order chi connectivity index (χ1) is 12.1. The van der Waals surface area contributed by atoms with Crippen LogP contribution < -0.4 is 5.32 Å². The molecule has 2 fully saturated rings. The van der Waals surface area contributed by atoms with Gasteiger partial charge in [-0.25, -0.2) is 0 Å². The summed E-state index contributed by atoms with van der Waals surface area (Å²) in [6, 6.07) is 0.0507. The molecule has 0 aliphatic carbocycles. The van der Waals surface area contributed by atoms with Crippen molar-refractivity contribution < 1.29 is 19.2 Å². The number of hydrogen-bond donors (Lipinski definition) is 1. The lowest BCUT2D eigenvalue weighted by Gasteiger charge is -2.35. The Balaban J connectivity index is 1.79. The fourth-order valence-corrected chi connectivity index (χ4v) is 3.61. The third-order valence-corrected chi connectivity index (χ3v) is 5.16. The number of ketones is 1. The summed E-state index contributed by atoms with van der Waals surface area (Å²) in [6.45, 7) is 9.11. The van der Waals surface area contributed by atoms with Gasteiger partial charge in [0.1, 0.15) is 5.78 Å². The molecular formula is C19H31N3O4. The maximum absolute atomic E-state index is 12.7. The van der Waals surface area contributed by atoms with E-state index in [1.54, 1.807) is 4.90 Å². The number of nitrogens with one attached hydrogen (secondary N) is 1. The summed E-state index contributed by atoms with van der Waals surface area (Å²) in [5, 5.41) is 2.95. The Kier molecular flexibility index (Phi) is 6.42. The smallest absolute Gasteiger partial charge is 0.227 e. The maximum Gasteiger partial charge on any atom is 0.227 e. The largest absolute Gasteiger partial charge is 0.353 e. The number of rotatable bonds is 5. The average Bonchev–Trinajstić information content (AvgIpc) is 2.95. The van der Waals surface area contributed by atoms with Gasteiger partial charge in [0.25, 0.3) is 0 Å². The molecule has 1 atom stereocenters. The van der Waals surface area contributed by atoms with Gasteiger partial charge in [0.05, 0.1) is 5.92 Å². The SMILES string of the molecule is CC(=O)CCC(=O)NC1CCN(C(=O)C2CC(=O)N(C(C)(C)C)C2)CC1. The van der Waals surface area contributed by atoms with E-state index in [0.717, 1.165) is 0 Å². The van der Waals surface area contributed by atoms with Gasteiger partial charge in [-0.2, -0.15) is 0 Å². The van der Waals surface area contributed by atoms with Crippen LogP contribution >= 0.6 is 0 Å². The van der Waals surface area contributed by atoms with Gasteiger partial charge in [-0.1, -0.05) is 0 Å². The van der Waals surface area contributed by atoms with Crippen LogP contribution in [0.4, 0.5) is 0 Å². The number of carbonyl (C=O) groups excluding carboxylic acids is 4. The molecule has 0 spiro atoms. The molecule has 2 rings (SSSR count). The molecule has 2 heterocycles. The number of amides is 3. The molecule has 0 aromatic rings. The Morgan fingerprint density at radius 1 is 1.12 bits per heavy atom. The van der Waals surface area contributed by atoms with Gasteiger partial charge < -0.3 is 19.9 Å². The molecule has 1 unspecified atom stereocenters. The van der Waals surface area contributed by atoms with E-state index in [0.29, 0.717) is 32.5 Å². The molecule has 2 aliphatic heterocycles. The van der Waals surface area contributed by atoms with Gasteiger partial charge in [-0.15, -0.1) is 0 Å². The first-order valence-corrected chi connectivity index (χ1v) is 9.46. The van der Waals surface area contributed by atoms with Crippen molar-refractivity contribution >= 4 is 23.5 Å². The summed E-state index contributed by atoms with van der Waals surface area (Å²) in [4.78, 5) is 51.3. The normalized spacial score (nSPS) is 21.8. The van der Waals surface area contributed by atoms with E-state index in [2.05, 4.69) is 5.32 Å². The molecule has 0 saturated carbocycles. The van der Waals surface area contributed by atoms with Crippen LogP contribution in [0, 0.1) is 5.92 Å². The van der Waals surface area contributed by atoms with Gasteiger partial charge in [-0.3, -0.25) is 14.4 Å². The number of carbonyl (C=O) groups is 4. The van der Waals surface area contributed by atoms with Gasteiger partial charge in [0.2, 0.25) is 17.7 Å². The van der Waals surface area contributed by atoms with Crippen LogP contribution in [0.15, 0.2) is 0 Å². The van der Waals surface area contributed by atoms with Crippen molar-refractivity contribution in [3.63, 3.8) is 0 Å². The Bertz CT molecular complexity index is 574. The van der Waals surface area contributed by atoms with E-state index in [4.69, 9.17) is 0 Å². The molecule has 146 valence electrons. The highest BCUT2D eigenvalue weighted by atomic mass is 16.2. The Hall–Kier alpha value is -1.92. The number of hydrogen-bond acceptors (Lipinski definition) is 4. The van der Waals surface area contributed by atoms with E-state index in [1.165, 1.54) is 6.92 Å². The second kappa shape index (κ2) is 8.18. The first-order valence-electron chi connectivity index (χ1n) is 9.46. The van der Waals surface area contributed by atoms with Crippen LogP contribution in [-0.4, -0.2) is 64.5 Å². The highest BCUT2D eigenvalue weighted by Gasteiger charge is 2.41. The standard InChI is InChI=1S/C19H31N3O4/c1-13(23)5-6-16(24)20-15-7-9-21(10-8-15)18(26)14-11-17(25)22(12-14)19(2,3)4/h14-15H,5-12H2,1-4H3,(H,20,24). The van der Waals surface area contributed by atoms with Crippen molar-refractivity contribution in [1.29, 1.82) is 0 Å². The summed E-state index contributed by atoms with van der Waals surface area (Å²) in [6.07, 6.45) is 2.20. The minimum Gasteiger partial charge on any atom is -0.353 e. The predicted molar refractivity (Wildman–Crippen MR) is 97.2 cm³/mol. The molecule has 7 heteroatoms. The third kappa shape index (κ3) is 5.29. The summed E-state index contributed by atoms with van der Waals surface area (Å²) in [7, 11) is 0. The van der Waals surface area contributed by atoms with Gasteiger partial charge in [0, 0.05) is 50.5 Å². The molecule has 3 amide bonds. The summed E-state index contributed by atoms with van der Waals surface area (Å²) >= 11 is 0. The zero-order valence-corrected chi connectivity index (χ0v) is 16.3. The van der Waals surface area contributed by atoms with Gasteiger partial charge in [-0.05, 0) is 40.5 Å². The molecule has 2 saturated heterocycles. The Morgan fingerprint density at radius 2 is 1.73 bits per heavy atom. The Labute approximate surface area is 155 Å². The molecule has 7 nitrogen and oxygen atoms in total.